The smallest absolute Gasteiger partial charge is 0.417 e. The molecule has 2 fully saturated rings. The Bertz CT molecular complexity index is 487. The van der Waals surface area contributed by atoms with Crippen LogP contribution in [0.4, 0.5) is 13.2 Å². The van der Waals surface area contributed by atoms with Gasteiger partial charge in [-0.2, -0.15) is 13.2 Å². The van der Waals surface area contributed by atoms with Crippen molar-refractivity contribution in [3.8, 4) is 5.88 Å². The summed E-state index contributed by atoms with van der Waals surface area (Å²) in [4.78, 5) is 3.79. The predicted molar refractivity (Wildman–Crippen MR) is 79.3 cm³/mol. The molecule has 0 radical (unpaired) electrons. The first-order chi connectivity index (χ1) is 9.97. The van der Waals surface area contributed by atoms with Gasteiger partial charge in [-0.1, -0.05) is 0 Å². The van der Waals surface area contributed by atoms with Crippen molar-refractivity contribution in [3.05, 3.63) is 23.9 Å². The minimum Gasteiger partial charge on any atom is -0.474 e. The van der Waals surface area contributed by atoms with Crippen LogP contribution in [-0.4, -0.2) is 24.2 Å². The summed E-state index contributed by atoms with van der Waals surface area (Å²) in [7, 11) is 0. The van der Waals surface area contributed by atoms with Gasteiger partial charge in [-0.05, 0) is 56.7 Å². The molecule has 1 atom stereocenters. The molecule has 1 unspecified atom stereocenters. The van der Waals surface area contributed by atoms with E-state index >= 15 is 0 Å². The largest absolute Gasteiger partial charge is 0.474 e. The normalized spacial score (nSPS) is 24.0. The fourth-order valence-electron chi connectivity index (χ4n) is 3.45. The molecule has 1 aliphatic heterocycles. The van der Waals surface area contributed by atoms with Gasteiger partial charge in [0.15, 0.2) is 0 Å². The second kappa shape index (κ2) is 6.62. The van der Waals surface area contributed by atoms with E-state index in [-0.39, 0.29) is 18.5 Å². The van der Waals surface area contributed by atoms with Crippen LogP contribution in [0.1, 0.15) is 37.7 Å². The molecule has 1 aromatic heterocycles. The Morgan fingerprint density at radius 1 is 1.18 bits per heavy atom. The van der Waals surface area contributed by atoms with Crippen LogP contribution >= 0.6 is 12.4 Å². The monoisotopic (exact) mass is 336 g/mol. The highest BCUT2D eigenvalue weighted by Crippen LogP contribution is 2.46. The van der Waals surface area contributed by atoms with E-state index in [1.165, 1.54) is 6.07 Å². The molecule has 0 aromatic carbocycles. The number of rotatable bonds is 2. The Kier molecular flexibility index (Phi) is 5.22. The average molecular weight is 337 g/mol. The van der Waals surface area contributed by atoms with Crippen molar-refractivity contribution < 1.29 is 17.9 Å². The van der Waals surface area contributed by atoms with Gasteiger partial charge in [0.1, 0.15) is 6.10 Å². The van der Waals surface area contributed by atoms with E-state index in [1.807, 2.05) is 0 Å². The summed E-state index contributed by atoms with van der Waals surface area (Å²) in [6.07, 6.45) is 1.97. The molecule has 2 aliphatic rings. The number of nitrogens with one attached hydrogen (secondary N) is 1. The summed E-state index contributed by atoms with van der Waals surface area (Å²) in [6.45, 7) is 2.09. The van der Waals surface area contributed by atoms with Crippen LogP contribution in [0, 0.1) is 5.41 Å². The maximum atomic E-state index is 12.5. The Morgan fingerprint density at radius 2 is 1.91 bits per heavy atom. The summed E-state index contributed by atoms with van der Waals surface area (Å²) >= 11 is 0. The van der Waals surface area contributed by atoms with Gasteiger partial charge in [-0.3, -0.25) is 0 Å². The lowest BCUT2D eigenvalue weighted by Crippen LogP contribution is -2.35. The van der Waals surface area contributed by atoms with Crippen LogP contribution in [0.5, 0.6) is 5.88 Å². The highest BCUT2D eigenvalue weighted by atomic mass is 35.5. The zero-order valence-corrected chi connectivity index (χ0v) is 13.0. The minimum absolute atomic E-state index is 0. The van der Waals surface area contributed by atoms with E-state index in [9.17, 15) is 13.2 Å². The lowest BCUT2D eigenvalue weighted by molar-refractivity contribution is -0.137. The third-order valence-electron chi connectivity index (χ3n) is 4.67. The Hall–Kier alpha value is -1.01. The first-order valence-electron chi connectivity index (χ1n) is 7.38. The minimum atomic E-state index is -4.35. The number of pyridine rings is 1. The van der Waals surface area contributed by atoms with E-state index in [0.717, 1.165) is 57.5 Å². The topological polar surface area (TPSA) is 34.1 Å². The van der Waals surface area contributed by atoms with Gasteiger partial charge in [-0.25, -0.2) is 4.98 Å². The van der Waals surface area contributed by atoms with E-state index in [1.54, 1.807) is 0 Å². The number of halogens is 4. The highest BCUT2D eigenvalue weighted by molar-refractivity contribution is 5.85. The van der Waals surface area contributed by atoms with E-state index in [0.29, 0.717) is 11.3 Å². The number of alkyl halides is 3. The van der Waals surface area contributed by atoms with Gasteiger partial charge in [0.25, 0.3) is 0 Å². The van der Waals surface area contributed by atoms with Crippen molar-refractivity contribution in [3.63, 3.8) is 0 Å². The molecule has 7 heteroatoms. The van der Waals surface area contributed by atoms with Crippen molar-refractivity contribution in [2.45, 2.75) is 44.4 Å². The van der Waals surface area contributed by atoms with Crippen molar-refractivity contribution in [2.24, 2.45) is 5.41 Å². The summed E-state index contributed by atoms with van der Waals surface area (Å²) in [5.74, 6) is 0.291. The van der Waals surface area contributed by atoms with Crippen LogP contribution < -0.4 is 10.1 Å². The number of ether oxygens (including phenoxy) is 1. The van der Waals surface area contributed by atoms with E-state index in [2.05, 4.69) is 10.3 Å². The average Bonchev–Trinajstić information content (AvgIpc) is 2.82. The lowest BCUT2D eigenvalue weighted by Gasteiger charge is -2.33. The standard InChI is InChI=1S/C15H19F3N2O.ClH/c16-15(17,18)11-1-2-13(20-10-11)21-12-3-4-14(9-12)5-7-19-8-6-14;/h1-2,10,12,19H,3-9H2;1H. The van der Waals surface area contributed by atoms with Crippen LogP contribution in [0.25, 0.3) is 0 Å². The molecule has 3 rings (SSSR count). The lowest BCUT2D eigenvalue weighted by atomic mass is 9.77. The molecule has 22 heavy (non-hydrogen) atoms. The van der Waals surface area contributed by atoms with Crippen molar-refractivity contribution in [1.29, 1.82) is 0 Å². The van der Waals surface area contributed by atoms with Crippen LogP contribution in [-0.2, 0) is 6.18 Å². The zero-order valence-electron chi connectivity index (χ0n) is 12.2. The van der Waals surface area contributed by atoms with Gasteiger partial charge in [0.05, 0.1) is 5.56 Å². The van der Waals surface area contributed by atoms with E-state index in [4.69, 9.17) is 4.74 Å². The van der Waals surface area contributed by atoms with E-state index < -0.39 is 11.7 Å². The first-order valence-corrected chi connectivity index (χ1v) is 7.38. The third-order valence-corrected chi connectivity index (χ3v) is 4.67. The zero-order chi connectivity index (χ0) is 14.9. The number of nitrogens with zero attached hydrogens (tertiary/aromatic N) is 1. The molecule has 1 spiro atoms. The highest BCUT2D eigenvalue weighted by Gasteiger charge is 2.41. The summed E-state index contributed by atoms with van der Waals surface area (Å²) in [5, 5.41) is 3.36. The third kappa shape index (κ3) is 3.84. The first kappa shape index (κ1) is 17.3. The quantitative estimate of drug-likeness (QED) is 0.891. The molecular formula is C15H20ClF3N2O. The fraction of sp³-hybridized carbons (Fsp3) is 0.667. The van der Waals surface area contributed by atoms with Crippen LogP contribution in [0.2, 0.25) is 0 Å². The molecule has 1 N–H and O–H groups in total. The summed E-state index contributed by atoms with van der Waals surface area (Å²) < 4.78 is 43.2. The summed E-state index contributed by atoms with van der Waals surface area (Å²) in [6, 6.07) is 2.34. The molecule has 1 saturated heterocycles. The maximum Gasteiger partial charge on any atom is 0.417 e. The molecule has 0 bridgehead atoms. The number of piperidine rings is 1. The Labute approximate surface area is 134 Å². The second-order valence-corrected chi connectivity index (χ2v) is 6.12. The summed E-state index contributed by atoms with van der Waals surface area (Å²) in [5.41, 5.74) is -0.377. The predicted octanol–water partition coefficient (Wildman–Crippen LogP) is 3.82. The van der Waals surface area contributed by atoms with Crippen LogP contribution in [0.3, 0.4) is 0 Å². The molecule has 124 valence electrons. The number of hydrogen-bond acceptors (Lipinski definition) is 3. The maximum absolute atomic E-state index is 12.5. The van der Waals surface area contributed by atoms with Crippen molar-refractivity contribution in [2.75, 3.05) is 13.1 Å². The molecule has 3 nitrogen and oxygen atoms in total. The van der Waals surface area contributed by atoms with Gasteiger partial charge in [-0.15, -0.1) is 12.4 Å². The molecular weight excluding hydrogens is 317 g/mol. The van der Waals surface area contributed by atoms with Crippen LogP contribution in [0.15, 0.2) is 18.3 Å². The van der Waals surface area contributed by atoms with Crippen molar-refractivity contribution >= 4 is 12.4 Å². The van der Waals surface area contributed by atoms with Gasteiger partial charge >= 0.3 is 6.18 Å². The Balaban J connectivity index is 0.00000176. The molecule has 1 aliphatic carbocycles. The molecule has 2 heterocycles. The molecule has 1 saturated carbocycles. The van der Waals surface area contributed by atoms with Crippen molar-refractivity contribution in [1.82, 2.24) is 10.3 Å². The number of hydrogen-bond donors (Lipinski definition) is 1. The van der Waals surface area contributed by atoms with Gasteiger partial charge in [0.2, 0.25) is 5.88 Å². The van der Waals surface area contributed by atoms with Gasteiger partial charge in [0, 0.05) is 12.3 Å². The Morgan fingerprint density at radius 3 is 2.50 bits per heavy atom. The fourth-order valence-corrected chi connectivity index (χ4v) is 3.45. The SMILES string of the molecule is Cl.FC(F)(F)c1ccc(OC2CCC3(CCNCC3)C2)nc1. The second-order valence-electron chi connectivity index (χ2n) is 6.12. The number of aromatic nitrogens is 1. The molecule has 0 amide bonds. The molecule has 1 aromatic rings. The van der Waals surface area contributed by atoms with Gasteiger partial charge < -0.3 is 10.1 Å².